The van der Waals surface area contributed by atoms with Crippen LogP contribution in [0, 0.1) is 0 Å². The molecular weight excluding hydrogens is 372 g/mol. The Balaban J connectivity index is 2.43. The molecule has 0 aliphatic rings. The Morgan fingerprint density at radius 1 is 0.643 bits per heavy atom. The largest absolute Gasteiger partial charge is 0.480 e. The Morgan fingerprint density at radius 3 is 1.29 bits per heavy atom. The number of carboxylic acids is 4. The number of carbonyl (C=O) groups is 4. The number of aromatic carboxylic acids is 2. The lowest BCUT2D eigenvalue weighted by Gasteiger charge is -2.12. The number of rotatable bonds is 9. The fraction of sp³-hybridized carbons (Fsp3) is 0.111. The Labute approximate surface area is 158 Å². The van der Waals surface area contributed by atoms with Gasteiger partial charge in [0.15, 0.2) is 0 Å². The summed E-state index contributed by atoms with van der Waals surface area (Å²) in [7, 11) is 0. The highest BCUT2D eigenvalue weighted by Gasteiger charge is 2.16. The summed E-state index contributed by atoms with van der Waals surface area (Å²) in [5.41, 5.74) is 0.650. The third-order valence-corrected chi connectivity index (χ3v) is 3.69. The maximum absolute atomic E-state index is 11.5. The highest BCUT2D eigenvalue weighted by atomic mass is 16.4. The first kappa shape index (κ1) is 20.2. The molecule has 0 bridgehead atoms. The van der Waals surface area contributed by atoms with Crippen molar-refractivity contribution in [1.82, 2.24) is 0 Å². The van der Waals surface area contributed by atoms with Gasteiger partial charge in [0, 0.05) is 11.4 Å². The maximum atomic E-state index is 11.5. The van der Waals surface area contributed by atoms with Gasteiger partial charge in [-0.3, -0.25) is 9.59 Å². The third-order valence-electron chi connectivity index (χ3n) is 3.69. The van der Waals surface area contributed by atoms with Crippen molar-refractivity contribution < 1.29 is 39.6 Å². The molecule has 6 N–H and O–H groups in total. The summed E-state index contributed by atoms with van der Waals surface area (Å²) < 4.78 is 0. The first-order chi connectivity index (χ1) is 13.2. The van der Waals surface area contributed by atoms with E-state index in [1.165, 1.54) is 36.4 Å². The van der Waals surface area contributed by atoms with Crippen molar-refractivity contribution in [3.8, 4) is 11.1 Å². The Morgan fingerprint density at radius 2 is 1.00 bits per heavy atom. The van der Waals surface area contributed by atoms with Gasteiger partial charge in [-0.1, -0.05) is 12.1 Å². The summed E-state index contributed by atoms with van der Waals surface area (Å²) in [4.78, 5) is 44.3. The predicted octanol–water partition coefficient (Wildman–Crippen LogP) is 1.74. The molecule has 0 aliphatic heterocycles. The molecule has 10 heteroatoms. The van der Waals surface area contributed by atoms with Crippen molar-refractivity contribution in [2.75, 3.05) is 23.7 Å². The second-order valence-electron chi connectivity index (χ2n) is 5.63. The molecule has 10 nitrogen and oxygen atoms in total. The van der Waals surface area contributed by atoms with Crippen molar-refractivity contribution in [2.24, 2.45) is 0 Å². The van der Waals surface area contributed by atoms with Crippen LogP contribution in [0.1, 0.15) is 20.7 Å². The van der Waals surface area contributed by atoms with Crippen LogP contribution in [-0.2, 0) is 9.59 Å². The molecule has 2 aromatic carbocycles. The summed E-state index contributed by atoms with van der Waals surface area (Å²) in [6, 6.07) is 8.39. The van der Waals surface area contributed by atoms with Gasteiger partial charge in [0.05, 0.1) is 11.1 Å². The van der Waals surface area contributed by atoms with Gasteiger partial charge in [-0.05, 0) is 35.4 Å². The van der Waals surface area contributed by atoms with Crippen LogP contribution in [0.3, 0.4) is 0 Å². The van der Waals surface area contributed by atoms with Gasteiger partial charge in [-0.25, -0.2) is 9.59 Å². The van der Waals surface area contributed by atoms with Crippen molar-refractivity contribution >= 4 is 35.3 Å². The van der Waals surface area contributed by atoms with Gasteiger partial charge >= 0.3 is 23.9 Å². The summed E-state index contributed by atoms with van der Waals surface area (Å²) in [6.07, 6.45) is 0. The zero-order chi connectivity index (χ0) is 20.8. The second kappa shape index (κ2) is 8.54. The summed E-state index contributed by atoms with van der Waals surface area (Å²) >= 11 is 0. The Hall–Kier alpha value is -4.08. The predicted molar refractivity (Wildman–Crippen MR) is 98.0 cm³/mol. The lowest BCUT2D eigenvalue weighted by Crippen LogP contribution is -2.15. The molecule has 0 atom stereocenters. The smallest absolute Gasteiger partial charge is 0.337 e. The first-order valence-corrected chi connectivity index (χ1v) is 7.85. The van der Waals surface area contributed by atoms with E-state index in [1.807, 2.05) is 0 Å². The molecule has 0 aliphatic carbocycles. The van der Waals surface area contributed by atoms with Crippen LogP contribution in [0.5, 0.6) is 0 Å². The van der Waals surface area contributed by atoms with E-state index in [2.05, 4.69) is 10.6 Å². The van der Waals surface area contributed by atoms with Crippen molar-refractivity contribution in [3.05, 3.63) is 47.5 Å². The number of aliphatic carboxylic acids is 2. The van der Waals surface area contributed by atoms with Gasteiger partial charge < -0.3 is 31.1 Å². The maximum Gasteiger partial charge on any atom is 0.337 e. The molecule has 2 aromatic rings. The zero-order valence-electron chi connectivity index (χ0n) is 14.3. The molecule has 0 unspecified atom stereocenters. The number of carboxylic acid groups (broad SMARTS) is 4. The molecule has 0 radical (unpaired) electrons. The zero-order valence-corrected chi connectivity index (χ0v) is 14.3. The van der Waals surface area contributed by atoms with Crippen molar-refractivity contribution in [1.29, 1.82) is 0 Å². The van der Waals surface area contributed by atoms with E-state index in [9.17, 15) is 29.4 Å². The highest BCUT2D eigenvalue weighted by molar-refractivity contribution is 5.98. The van der Waals surface area contributed by atoms with Gasteiger partial charge in [0.25, 0.3) is 0 Å². The lowest BCUT2D eigenvalue weighted by atomic mass is 9.99. The summed E-state index contributed by atoms with van der Waals surface area (Å²) in [5.74, 6) is -4.88. The topological polar surface area (TPSA) is 173 Å². The van der Waals surface area contributed by atoms with E-state index in [-0.39, 0.29) is 22.5 Å². The van der Waals surface area contributed by atoms with Gasteiger partial charge in [-0.2, -0.15) is 0 Å². The Kier molecular flexibility index (Phi) is 6.17. The van der Waals surface area contributed by atoms with E-state index in [4.69, 9.17) is 10.2 Å². The van der Waals surface area contributed by atoms with Crippen LogP contribution in [0.25, 0.3) is 11.1 Å². The van der Waals surface area contributed by atoms with E-state index >= 15 is 0 Å². The number of hydrogen-bond acceptors (Lipinski definition) is 6. The average Bonchev–Trinajstić information content (AvgIpc) is 2.64. The number of nitrogens with one attached hydrogen (secondary N) is 2. The van der Waals surface area contributed by atoms with E-state index in [0.29, 0.717) is 11.1 Å². The molecule has 0 saturated carbocycles. The molecule has 0 aromatic heterocycles. The molecule has 0 saturated heterocycles. The minimum Gasteiger partial charge on any atom is -0.480 e. The minimum absolute atomic E-state index is 0.108. The van der Waals surface area contributed by atoms with Crippen molar-refractivity contribution in [2.45, 2.75) is 0 Å². The third kappa shape index (κ3) is 4.97. The first-order valence-electron chi connectivity index (χ1n) is 7.85. The van der Waals surface area contributed by atoms with Crippen LogP contribution in [0.15, 0.2) is 36.4 Å². The fourth-order valence-electron chi connectivity index (χ4n) is 2.45. The van der Waals surface area contributed by atoms with Gasteiger partial charge in [0.1, 0.15) is 13.1 Å². The number of hydrogen-bond donors (Lipinski definition) is 6. The fourth-order valence-corrected chi connectivity index (χ4v) is 2.45. The molecule has 0 spiro atoms. The van der Waals surface area contributed by atoms with E-state index < -0.39 is 37.0 Å². The monoisotopic (exact) mass is 388 g/mol. The summed E-state index contributed by atoms with van der Waals surface area (Å²) in [5, 5.41) is 41.2. The van der Waals surface area contributed by atoms with Crippen molar-refractivity contribution in [3.63, 3.8) is 0 Å². The van der Waals surface area contributed by atoms with Crippen LogP contribution >= 0.6 is 0 Å². The molecule has 146 valence electrons. The summed E-state index contributed by atoms with van der Waals surface area (Å²) in [6.45, 7) is -0.931. The van der Waals surface area contributed by atoms with Crippen LogP contribution in [0.2, 0.25) is 0 Å². The normalized spacial score (nSPS) is 10.1. The quantitative estimate of drug-likeness (QED) is 0.371. The molecule has 0 fully saturated rings. The minimum atomic E-state index is -1.28. The standard InChI is InChI=1S/C18H16N2O8/c21-15(22)7-19-13-3-1-9(5-11(13)17(25)26)10-2-4-14(20-8-16(23)24)12(6-10)18(27)28/h1-6,19-20H,7-8H2,(H,21,22)(H,23,24)(H,25,26)(H,27,28). The van der Waals surface area contributed by atoms with Gasteiger partial charge in [0.2, 0.25) is 0 Å². The molecule has 2 rings (SSSR count). The molecular formula is C18H16N2O8. The van der Waals surface area contributed by atoms with Gasteiger partial charge in [-0.15, -0.1) is 0 Å². The lowest BCUT2D eigenvalue weighted by molar-refractivity contribution is -0.135. The molecule has 0 amide bonds. The van der Waals surface area contributed by atoms with E-state index in [0.717, 1.165) is 0 Å². The molecule has 28 heavy (non-hydrogen) atoms. The average molecular weight is 388 g/mol. The molecule has 0 heterocycles. The SMILES string of the molecule is O=C(O)CNc1ccc(-c2ccc(NCC(=O)O)c(C(=O)O)c2)cc1C(=O)O. The number of benzene rings is 2. The Bertz CT molecular complexity index is 877. The second-order valence-corrected chi connectivity index (χ2v) is 5.63. The van der Waals surface area contributed by atoms with Crippen LogP contribution < -0.4 is 10.6 Å². The van der Waals surface area contributed by atoms with Crippen LogP contribution in [-0.4, -0.2) is 57.4 Å². The number of anilines is 2. The van der Waals surface area contributed by atoms with E-state index in [1.54, 1.807) is 0 Å². The highest BCUT2D eigenvalue weighted by Crippen LogP contribution is 2.29. The van der Waals surface area contributed by atoms with Crippen LogP contribution in [0.4, 0.5) is 11.4 Å².